The average Bonchev–Trinajstić information content (AvgIpc) is 2.36. The van der Waals surface area contributed by atoms with Gasteiger partial charge in [-0.15, -0.1) is 0 Å². The Morgan fingerprint density at radius 2 is 1.95 bits per heavy atom. The van der Waals surface area contributed by atoms with Gasteiger partial charge in [-0.25, -0.2) is 22.5 Å². The Morgan fingerprint density at radius 1 is 1.24 bits per heavy atom. The highest BCUT2D eigenvalue weighted by atomic mass is 35.5. The maximum atomic E-state index is 13.7. The minimum absolute atomic E-state index is 0.0314. The molecule has 6 nitrogen and oxygen atoms in total. The van der Waals surface area contributed by atoms with Crippen LogP contribution in [0.25, 0.3) is 0 Å². The number of halogens is 3. The molecule has 2 aromatic rings. The topological polar surface area (TPSA) is 81.2 Å². The lowest BCUT2D eigenvalue weighted by atomic mass is 10.3. The SMILES string of the molecule is COc1cc(Cl)nc(NS(=O)(=O)c2ccc(Cl)cc2F)n1. The van der Waals surface area contributed by atoms with Crippen molar-refractivity contribution in [2.24, 2.45) is 0 Å². The third kappa shape index (κ3) is 3.72. The second kappa shape index (κ2) is 6.00. The summed E-state index contributed by atoms with van der Waals surface area (Å²) in [5, 5.41) is 0.0447. The molecule has 0 saturated heterocycles. The van der Waals surface area contributed by atoms with E-state index in [4.69, 9.17) is 27.9 Å². The number of anilines is 1. The second-order valence-corrected chi connectivity index (χ2v) is 6.21. The fourth-order valence-corrected chi connectivity index (χ4v) is 2.75. The predicted molar refractivity (Wildman–Crippen MR) is 75.8 cm³/mol. The number of rotatable bonds is 4. The molecule has 1 N–H and O–H groups in total. The van der Waals surface area contributed by atoms with Crippen molar-refractivity contribution < 1.29 is 17.5 Å². The zero-order valence-electron chi connectivity index (χ0n) is 10.5. The molecule has 1 heterocycles. The van der Waals surface area contributed by atoms with Crippen molar-refractivity contribution in [2.75, 3.05) is 11.8 Å². The molecular weight excluding hydrogens is 344 g/mol. The molecule has 21 heavy (non-hydrogen) atoms. The third-order valence-corrected chi connectivity index (χ3v) is 4.08. The Kier molecular flexibility index (Phi) is 4.50. The van der Waals surface area contributed by atoms with Gasteiger partial charge in [-0.2, -0.15) is 4.98 Å². The molecule has 1 aromatic carbocycles. The van der Waals surface area contributed by atoms with Gasteiger partial charge >= 0.3 is 0 Å². The number of hydrogen-bond donors (Lipinski definition) is 1. The van der Waals surface area contributed by atoms with Gasteiger partial charge in [0.15, 0.2) is 0 Å². The van der Waals surface area contributed by atoms with Gasteiger partial charge in [-0.3, -0.25) is 0 Å². The Hall–Kier alpha value is -1.64. The van der Waals surface area contributed by atoms with E-state index >= 15 is 0 Å². The molecule has 0 saturated carbocycles. The number of nitrogens with zero attached hydrogens (tertiary/aromatic N) is 2. The van der Waals surface area contributed by atoms with Crippen LogP contribution in [0.15, 0.2) is 29.2 Å². The molecule has 112 valence electrons. The number of hydrogen-bond acceptors (Lipinski definition) is 5. The summed E-state index contributed by atoms with van der Waals surface area (Å²) in [5.41, 5.74) is 0. The highest BCUT2D eigenvalue weighted by Crippen LogP contribution is 2.22. The van der Waals surface area contributed by atoms with Gasteiger partial charge in [0.05, 0.1) is 7.11 Å². The predicted octanol–water partition coefficient (Wildman–Crippen LogP) is 2.73. The van der Waals surface area contributed by atoms with E-state index in [2.05, 4.69) is 9.97 Å². The van der Waals surface area contributed by atoms with Crippen molar-refractivity contribution in [1.29, 1.82) is 0 Å². The minimum Gasteiger partial charge on any atom is -0.481 e. The average molecular weight is 352 g/mol. The minimum atomic E-state index is -4.23. The molecule has 0 spiro atoms. The van der Waals surface area contributed by atoms with Gasteiger partial charge in [0.1, 0.15) is 15.9 Å². The van der Waals surface area contributed by atoms with Crippen LogP contribution in [0.1, 0.15) is 0 Å². The van der Waals surface area contributed by atoms with Crippen LogP contribution < -0.4 is 9.46 Å². The van der Waals surface area contributed by atoms with Gasteiger partial charge in [0, 0.05) is 11.1 Å². The summed E-state index contributed by atoms with van der Waals surface area (Å²) in [4.78, 5) is 6.84. The van der Waals surface area contributed by atoms with Crippen LogP contribution in [0.3, 0.4) is 0 Å². The van der Waals surface area contributed by atoms with Crippen LogP contribution in [-0.2, 0) is 10.0 Å². The normalized spacial score (nSPS) is 11.2. The van der Waals surface area contributed by atoms with Crippen LogP contribution >= 0.6 is 23.2 Å². The van der Waals surface area contributed by atoms with Gasteiger partial charge in [0.25, 0.3) is 10.0 Å². The molecule has 0 unspecified atom stereocenters. The van der Waals surface area contributed by atoms with E-state index in [0.29, 0.717) is 0 Å². The molecule has 1 aromatic heterocycles. The summed E-state index contributed by atoms with van der Waals surface area (Å²) < 4.78 is 44.7. The van der Waals surface area contributed by atoms with Gasteiger partial charge in [0.2, 0.25) is 11.8 Å². The van der Waals surface area contributed by atoms with Gasteiger partial charge in [-0.05, 0) is 18.2 Å². The van der Waals surface area contributed by atoms with Crippen molar-refractivity contribution >= 4 is 39.2 Å². The standard InChI is InChI=1S/C11H8Cl2FN3O3S/c1-20-10-5-9(13)15-11(16-10)17-21(18,19)8-3-2-6(12)4-7(8)14/h2-5H,1H3,(H,15,16,17). The van der Waals surface area contributed by atoms with Crippen molar-refractivity contribution in [3.63, 3.8) is 0 Å². The first-order valence-corrected chi connectivity index (χ1v) is 7.62. The maximum absolute atomic E-state index is 13.7. The van der Waals surface area contributed by atoms with E-state index in [9.17, 15) is 12.8 Å². The Labute approximate surface area is 129 Å². The van der Waals surface area contributed by atoms with Crippen LogP contribution in [0.4, 0.5) is 10.3 Å². The first kappa shape index (κ1) is 15.7. The summed E-state index contributed by atoms with van der Waals surface area (Å²) in [6.45, 7) is 0. The molecule has 0 aliphatic heterocycles. The van der Waals surface area contributed by atoms with E-state index in [1.807, 2.05) is 4.72 Å². The number of ether oxygens (including phenoxy) is 1. The number of sulfonamides is 1. The first-order chi connectivity index (χ1) is 9.81. The molecule has 10 heteroatoms. The Bertz CT molecular complexity index is 786. The van der Waals surface area contributed by atoms with Gasteiger partial charge < -0.3 is 4.74 Å². The van der Waals surface area contributed by atoms with E-state index < -0.39 is 20.7 Å². The molecular formula is C11H8Cl2FN3O3S. The quantitative estimate of drug-likeness (QED) is 0.856. The molecule has 0 aliphatic carbocycles. The summed E-state index contributed by atoms with van der Waals surface area (Å²) in [6, 6.07) is 4.46. The summed E-state index contributed by atoms with van der Waals surface area (Å²) in [7, 11) is -2.90. The zero-order valence-corrected chi connectivity index (χ0v) is 12.8. The summed E-state index contributed by atoms with van der Waals surface area (Å²) in [6.07, 6.45) is 0. The van der Waals surface area contributed by atoms with Crippen LogP contribution in [0.2, 0.25) is 10.2 Å². The fraction of sp³-hybridized carbons (Fsp3) is 0.0909. The molecule has 2 rings (SSSR count). The lowest BCUT2D eigenvalue weighted by Crippen LogP contribution is -2.16. The monoisotopic (exact) mass is 351 g/mol. The lowest BCUT2D eigenvalue weighted by molar-refractivity contribution is 0.397. The zero-order chi connectivity index (χ0) is 15.6. The Morgan fingerprint density at radius 3 is 2.57 bits per heavy atom. The second-order valence-electron chi connectivity index (χ2n) is 3.74. The highest BCUT2D eigenvalue weighted by Gasteiger charge is 2.21. The van der Waals surface area contributed by atoms with Crippen molar-refractivity contribution in [3.8, 4) is 5.88 Å². The van der Waals surface area contributed by atoms with E-state index in [-0.39, 0.29) is 22.0 Å². The molecule has 0 amide bonds. The lowest BCUT2D eigenvalue weighted by Gasteiger charge is -2.09. The number of methoxy groups -OCH3 is 1. The van der Waals surface area contributed by atoms with E-state index in [1.54, 1.807) is 0 Å². The van der Waals surface area contributed by atoms with Crippen LogP contribution in [0, 0.1) is 5.82 Å². The van der Waals surface area contributed by atoms with E-state index in [1.165, 1.54) is 19.2 Å². The number of nitrogens with one attached hydrogen (secondary N) is 1. The number of aromatic nitrogens is 2. The largest absolute Gasteiger partial charge is 0.481 e. The highest BCUT2D eigenvalue weighted by molar-refractivity contribution is 7.92. The van der Waals surface area contributed by atoms with Crippen molar-refractivity contribution in [3.05, 3.63) is 40.3 Å². The number of benzene rings is 1. The Balaban J connectivity index is 2.39. The molecule has 0 radical (unpaired) electrons. The molecule has 0 atom stereocenters. The fourth-order valence-electron chi connectivity index (χ4n) is 1.42. The van der Waals surface area contributed by atoms with Crippen molar-refractivity contribution in [2.45, 2.75) is 4.90 Å². The van der Waals surface area contributed by atoms with Crippen LogP contribution in [0.5, 0.6) is 5.88 Å². The van der Waals surface area contributed by atoms with E-state index in [0.717, 1.165) is 12.1 Å². The molecule has 0 fully saturated rings. The summed E-state index contributed by atoms with van der Waals surface area (Å²) >= 11 is 11.3. The smallest absolute Gasteiger partial charge is 0.267 e. The van der Waals surface area contributed by atoms with Crippen molar-refractivity contribution in [1.82, 2.24) is 9.97 Å². The maximum Gasteiger partial charge on any atom is 0.267 e. The van der Waals surface area contributed by atoms with Gasteiger partial charge in [-0.1, -0.05) is 23.2 Å². The molecule has 0 bridgehead atoms. The molecule has 0 aliphatic rings. The first-order valence-electron chi connectivity index (χ1n) is 5.38. The third-order valence-electron chi connectivity index (χ3n) is 2.29. The summed E-state index contributed by atoms with van der Waals surface area (Å²) in [5.74, 6) is -1.28. The van der Waals surface area contributed by atoms with Crippen LogP contribution in [-0.4, -0.2) is 25.5 Å².